The molecule has 1 aliphatic rings. The van der Waals surface area contributed by atoms with E-state index in [9.17, 15) is 14.9 Å². The van der Waals surface area contributed by atoms with Gasteiger partial charge in [0.25, 0.3) is 5.69 Å². The summed E-state index contributed by atoms with van der Waals surface area (Å²) in [6.07, 6.45) is 3.49. The Morgan fingerprint density at radius 1 is 1.38 bits per heavy atom. The zero-order valence-corrected chi connectivity index (χ0v) is 11.7. The lowest BCUT2D eigenvalue weighted by Gasteiger charge is -2.35. The first-order chi connectivity index (χ1) is 10.1. The van der Waals surface area contributed by atoms with Gasteiger partial charge in [-0.25, -0.2) is 4.79 Å². The molecule has 1 saturated heterocycles. The number of hydrogen-bond acceptors (Lipinski definition) is 4. The average molecular weight is 293 g/mol. The van der Waals surface area contributed by atoms with Crippen molar-refractivity contribution in [3.63, 3.8) is 0 Å². The van der Waals surface area contributed by atoms with Crippen LogP contribution in [0.1, 0.15) is 25.7 Å². The fourth-order valence-electron chi connectivity index (χ4n) is 2.58. The Morgan fingerprint density at radius 3 is 2.71 bits per heavy atom. The van der Waals surface area contributed by atoms with Gasteiger partial charge in [0.15, 0.2) is 0 Å². The molecule has 0 aromatic heterocycles. The van der Waals surface area contributed by atoms with Crippen LogP contribution in [0.25, 0.3) is 0 Å². The average Bonchev–Trinajstić information content (AvgIpc) is 2.48. The van der Waals surface area contributed by atoms with Crippen LogP contribution in [0.2, 0.25) is 0 Å². The number of piperidine rings is 1. The Kier molecular flexibility index (Phi) is 5.10. The second kappa shape index (κ2) is 7.03. The number of nitro benzene ring substituents is 1. The maximum absolute atomic E-state index is 12.3. The van der Waals surface area contributed by atoms with E-state index in [1.807, 2.05) is 0 Å². The van der Waals surface area contributed by atoms with Crippen molar-refractivity contribution in [2.24, 2.45) is 0 Å². The lowest BCUT2D eigenvalue weighted by Crippen LogP contribution is -2.46. The molecule has 1 atom stereocenters. The van der Waals surface area contributed by atoms with Gasteiger partial charge in [0.1, 0.15) is 0 Å². The van der Waals surface area contributed by atoms with Gasteiger partial charge in [-0.3, -0.25) is 10.1 Å². The first-order valence-corrected chi connectivity index (χ1v) is 7.05. The Bertz CT molecular complexity index is 501. The summed E-state index contributed by atoms with van der Waals surface area (Å²) in [4.78, 5) is 24.1. The summed E-state index contributed by atoms with van der Waals surface area (Å²) in [7, 11) is 0. The zero-order valence-electron chi connectivity index (χ0n) is 11.7. The number of hydrogen-bond donors (Lipinski definition) is 2. The summed E-state index contributed by atoms with van der Waals surface area (Å²) in [5.41, 5.74) is 0.517. The quantitative estimate of drug-likeness (QED) is 0.658. The van der Waals surface area contributed by atoms with E-state index in [4.69, 9.17) is 5.11 Å². The fourth-order valence-corrected chi connectivity index (χ4v) is 2.58. The number of nitrogens with zero attached hydrogens (tertiary/aromatic N) is 2. The first-order valence-electron chi connectivity index (χ1n) is 7.05. The third-order valence-electron chi connectivity index (χ3n) is 3.68. The molecular formula is C14H19N3O4. The van der Waals surface area contributed by atoms with Gasteiger partial charge in [-0.2, -0.15) is 0 Å². The maximum atomic E-state index is 12.3. The Morgan fingerprint density at radius 2 is 2.10 bits per heavy atom. The van der Waals surface area contributed by atoms with E-state index in [1.54, 1.807) is 4.90 Å². The van der Waals surface area contributed by atoms with Gasteiger partial charge in [-0.05, 0) is 37.8 Å². The lowest BCUT2D eigenvalue weighted by atomic mass is 10.0. The highest BCUT2D eigenvalue weighted by molar-refractivity contribution is 5.89. The molecule has 1 aromatic rings. The minimum absolute atomic E-state index is 0.0101. The molecule has 114 valence electrons. The largest absolute Gasteiger partial charge is 0.396 e. The molecule has 1 unspecified atom stereocenters. The SMILES string of the molecule is O=C(Nc1ccc([N+](=O)[O-])cc1)N1CCCCC1CCO. The molecule has 0 radical (unpaired) electrons. The molecule has 7 nitrogen and oxygen atoms in total. The van der Waals surface area contributed by atoms with Crippen molar-refractivity contribution in [2.75, 3.05) is 18.5 Å². The van der Waals surface area contributed by atoms with E-state index < -0.39 is 4.92 Å². The number of urea groups is 1. The highest BCUT2D eigenvalue weighted by Gasteiger charge is 2.26. The van der Waals surface area contributed by atoms with Crippen molar-refractivity contribution < 1.29 is 14.8 Å². The van der Waals surface area contributed by atoms with E-state index in [0.29, 0.717) is 18.7 Å². The van der Waals surface area contributed by atoms with E-state index in [1.165, 1.54) is 24.3 Å². The van der Waals surface area contributed by atoms with E-state index in [2.05, 4.69) is 5.32 Å². The standard InChI is InChI=1S/C14H19N3O4/c18-10-8-12-3-1-2-9-16(12)14(19)15-11-4-6-13(7-5-11)17(20)21/h4-7,12,18H,1-3,8-10H2,(H,15,19). The second-order valence-corrected chi connectivity index (χ2v) is 5.09. The van der Waals surface area contributed by atoms with Gasteiger partial charge in [0.2, 0.25) is 0 Å². The van der Waals surface area contributed by atoms with Crippen LogP contribution in [0, 0.1) is 10.1 Å². The van der Waals surface area contributed by atoms with Gasteiger partial charge in [-0.15, -0.1) is 0 Å². The third-order valence-corrected chi connectivity index (χ3v) is 3.68. The monoisotopic (exact) mass is 293 g/mol. The molecule has 1 aromatic carbocycles. The number of non-ortho nitro benzene ring substituents is 1. The minimum atomic E-state index is -0.479. The summed E-state index contributed by atoms with van der Waals surface area (Å²) in [6.45, 7) is 0.732. The first kappa shape index (κ1) is 15.2. The smallest absolute Gasteiger partial charge is 0.322 e. The third kappa shape index (κ3) is 3.91. The maximum Gasteiger partial charge on any atom is 0.322 e. The lowest BCUT2D eigenvalue weighted by molar-refractivity contribution is -0.384. The Hall–Kier alpha value is -2.15. The summed E-state index contributed by atoms with van der Waals surface area (Å²) in [5, 5.41) is 22.4. The number of benzene rings is 1. The van der Waals surface area contributed by atoms with Gasteiger partial charge in [-0.1, -0.05) is 0 Å². The Labute approximate surface area is 122 Å². The highest BCUT2D eigenvalue weighted by atomic mass is 16.6. The highest BCUT2D eigenvalue weighted by Crippen LogP contribution is 2.21. The van der Waals surface area contributed by atoms with Crippen LogP contribution in [0.4, 0.5) is 16.2 Å². The molecule has 1 aliphatic heterocycles. The van der Waals surface area contributed by atoms with Crippen LogP contribution in [0.3, 0.4) is 0 Å². The van der Waals surface area contributed by atoms with Gasteiger partial charge in [0, 0.05) is 37.0 Å². The molecule has 0 bridgehead atoms. The van der Waals surface area contributed by atoms with Crippen molar-refractivity contribution in [1.82, 2.24) is 4.90 Å². The number of nitrogens with one attached hydrogen (secondary N) is 1. The second-order valence-electron chi connectivity index (χ2n) is 5.09. The summed E-state index contributed by atoms with van der Waals surface area (Å²) in [6, 6.07) is 5.58. The summed E-state index contributed by atoms with van der Waals surface area (Å²) in [5.74, 6) is 0. The predicted molar refractivity (Wildman–Crippen MR) is 78.2 cm³/mol. The van der Waals surface area contributed by atoms with E-state index >= 15 is 0 Å². The molecule has 21 heavy (non-hydrogen) atoms. The van der Waals surface area contributed by atoms with Crippen LogP contribution in [0.5, 0.6) is 0 Å². The van der Waals surface area contributed by atoms with Crippen molar-refractivity contribution in [2.45, 2.75) is 31.7 Å². The van der Waals surface area contributed by atoms with Gasteiger partial charge >= 0.3 is 6.03 Å². The van der Waals surface area contributed by atoms with Crippen LogP contribution >= 0.6 is 0 Å². The number of rotatable bonds is 4. The van der Waals surface area contributed by atoms with Crippen molar-refractivity contribution in [3.8, 4) is 0 Å². The number of nitro groups is 1. The molecule has 0 saturated carbocycles. The number of aliphatic hydroxyl groups excluding tert-OH is 1. The zero-order chi connectivity index (χ0) is 15.2. The normalized spacial score (nSPS) is 18.3. The molecule has 2 amide bonds. The van der Waals surface area contributed by atoms with Crippen molar-refractivity contribution in [1.29, 1.82) is 0 Å². The molecule has 7 heteroatoms. The topological polar surface area (TPSA) is 95.7 Å². The van der Waals surface area contributed by atoms with E-state index in [-0.39, 0.29) is 24.4 Å². The molecule has 0 spiro atoms. The van der Waals surface area contributed by atoms with Crippen LogP contribution < -0.4 is 5.32 Å². The van der Waals surface area contributed by atoms with Crippen LogP contribution in [0.15, 0.2) is 24.3 Å². The number of anilines is 1. The number of aliphatic hydroxyl groups is 1. The van der Waals surface area contributed by atoms with E-state index in [0.717, 1.165) is 19.3 Å². The fraction of sp³-hybridized carbons (Fsp3) is 0.500. The summed E-state index contributed by atoms with van der Waals surface area (Å²) >= 11 is 0. The van der Waals surface area contributed by atoms with Crippen molar-refractivity contribution in [3.05, 3.63) is 34.4 Å². The summed E-state index contributed by atoms with van der Waals surface area (Å²) < 4.78 is 0. The molecule has 1 heterocycles. The van der Waals surface area contributed by atoms with Crippen LogP contribution in [-0.4, -0.2) is 40.2 Å². The minimum Gasteiger partial charge on any atom is -0.396 e. The molecule has 1 fully saturated rings. The molecule has 2 N–H and O–H groups in total. The van der Waals surface area contributed by atoms with Gasteiger partial charge < -0.3 is 15.3 Å². The van der Waals surface area contributed by atoms with Crippen LogP contribution in [-0.2, 0) is 0 Å². The molecular weight excluding hydrogens is 274 g/mol. The number of carbonyl (C=O) groups excluding carboxylic acids is 1. The van der Waals surface area contributed by atoms with Crippen molar-refractivity contribution >= 4 is 17.4 Å². The molecule has 0 aliphatic carbocycles. The van der Waals surface area contributed by atoms with Gasteiger partial charge in [0.05, 0.1) is 4.92 Å². The number of likely N-dealkylation sites (tertiary alicyclic amines) is 1. The Balaban J connectivity index is 2.00. The predicted octanol–water partition coefficient (Wildman–Crippen LogP) is 2.36. The number of carbonyl (C=O) groups is 1. The molecule has 2 rings (SSSR count). The number of amides is 2.